The van der Waals surface area contributed by atoms with Crippen molar-refractivity contribution in [2.75, 3.05) is 26.3 Å². The molecule has 2 N–H and O–H groups in total. The van der Waals surface area contributed by atoms with Crippen LogP contribution in [0.5, 0.6) is 0 Å². The van der Waals surface area contributed by atoms with E-state index in [-0.39, 0.29) is 25.3 Å². The molecule has 8 heteroatoms. The van der Waals surface area contributed by atoms with Crippen molar-refractivity contribution in [2.45, 2.75) is 34.0 Å². The lowest BCUT2D eigenvalue weighted by Crippen LogP contribution is -2.41. The van der Waals surface area contributed by atoms with Gasteiger partial charge in [0, 0.05) is 5.57 Å². The first-order chi connectivity index (χ1) is 10.7. The molecule has 0 saturated heterocycles. The van der Waals surface area contributed by atoms with E-state index < -0.39 is 24.3 Å². The Bertz CT molecular complexity index is 422. The van der Waals surface area contributed by atoms with Crippen LogP contribution in [0.1, 0.15) is 27.7 Å². The summed E-state index contributed by atoms with van der Waals surface area (Å²) in [6.07, 6.45) is -0.670. The number of amides is 2. The summed E-state index contributed by atoms with van der Waals surface area (Å²) in [4.78, 5) is 34.0. The second kappa shape index (κ2) is 11.5. The number of esters is 2. The number of ether oxygens (including phenoxy) is 3. The number of carbonyl (C=O) groups is 3. The van der Waals surface area contributed by atoms with Crippen LogP contribution in [-0.2, 0) is 23.8 Å². The average molecular weight is 330 g/mol. The molecule has 0 spiro atoms. The molecule has 132 valence electrons. The van der Waals surface area contributed by atoms with E-state index in [9.17, 15) is 14.4 Å². The Morgan fingerprint density at radius 1 is 1.13 bits per heavy atom. The molecule has 23 heavy (non-hydrogen) atoms. The Morgan fingerprint density at radius 2 is 1.78 bits per heavy atom. The van der Waals surface area contributed by atoms with E-state index in [1.165, 1.54) is 6.92 Å². The molecule has 0 fully saturated rings. The van der Waals surface area contributed by atoms with Gasteiger partial charge in [-0.05, 0) is 19.8 Å². The zero-order valence-electron chi connectivity index (χ0n) is 14.1. The summed E-state index contributed by atoms with van der Waals surface area (Å²) in [6, 6.07) is -0.566. The lowest BCUT2D eigenvalue weighted by molar-refractivity contribution is -0.175. The Balaban J connectivity index is 3.73. The third-order valence-corrected chi connectivity index (χ3v) is 2.32. The largest absolute Gasteiger partial charge is 0.460 e. The first-order valence-electron chi connectivity index (χ1n) is 7.37. The van der Waals surface area contributed by atoms with Gasteiger partial charge in [0.1, 0.15) is 13.2 Å². The second-order valence-electron chi connectivity index (χ2n) is 5.31. The minimum Gasteiger partial charge on any atom is -0.460 e. The van der Waals surface area contributed by atoms with Crippen LogP contribution in [0.2, 0.25) is 0 Å². The zero-order chi connectivity index (χ0) is 17.8. The lowest BCUT2D eigenvalue weighted by atomic mass is 10.2. The molecule has 0 aromatic heterocycles. The minimum absolute atomic E-state index is 0.0175. The van der Waals surface area contributed by atoms with E-state index in [1.54, 1.807) is 6.92 Å². The number of hydrogen-bond acceptors (Lipinski definition) is 6. The number of nitrogens with one attached hydrogen (secondary N) is 2. The van der Waals surface area contributed by atoms with Crippen molar-refractivity contribution in [1.29, 1.82) is 0 Å². The third-order valence-electron chi connectivity index (χ3n) is 2.32. The van der Waals surface area contributed by atoms with Gasteiger partial charge >= 0.3 is 18.0 Å². The predicted molar refractivity (Wildman–Crippen MR) is 83.5 cm³/mol. The van der Waals surface area contributed by atoms with Gasteiger partial charge in [0.25, 0.3) is 0 Å². The zero-order valence-corrected chi connectivity index (χ0v) is 14.1. The third kappa shape index (κ3) is 12.2. The molecule has 0 saturated carbocycles. The number of rotatable bonds is 10. The van der Waals surface area contributed by atoms with E-state index in [1.807, 2.05) is 13.8 Å². The van der Waals surface area contributed by atoms with Crippen LogP contribution in [0, 0.1) is 5.92 Å². The first kappa shape index (κ1) is 20.9. The average Bonchev–Trinajstić information content (AvgIpc) is 2.47. The van der Waals surface area contributed by atoms with Crippen LogP contribution in [0.4, 0.5) is 4.79 Å². The molecule has 0 aliphatic heterocycles. The molecule has 1 atom stereocenters. The maximum atomic E-state index is 11.5. The molecule has 8 nitrogen and oxygen atoms in total. The van der Waals surface area contributed by atoms with E-state index >= 15 is 0 Å². The van der Waals surface area contributed by atoms with Crippen molar-refractivity contribution < 1.29 is 28.6 Å². The molecule has 1 unspecified atom stereocenters. The lowest BCUT2D eigenvalue weighted by Gasteiger charge is -2.15. The van der Waals surface area contributed by atoms with Gasteiger partial charge in [-0.2, -0.15) is 0 Å². The molecule has 0 aliphatic carbocycles. The van der Waals surface area contributed by atoms with Crippen molar-refractivity contribution in [3.63, 3.8) is 0 Å². The SMILES string of the molecule is C=C(C)C(=O)OCCNC(=O)NCC(=O)OC(C)OCC(C)C. The fourth-order valence-electron chi connectivity index (χ4n) is 1.24. The van der Waals surface area contributed by atoms with Crippen LogP contribution in [0.25, 0.3) is 0 Å². The van der Waals surface area contributed by atoms with Gasteiger partial charge in [0.05, 0.1) is 13.2 Å². The predicted octanol–water partition coefficient (Wildman–Crippen LogP) is 0.967. The number of hydrogen-bond donors (Lipinski definition) is 2. The Labute approximate surface area is 136 Å². The standard InChI is InChI=1S/C15H26N2O6/c1-10(2)9-22-12(5)23-13(18)8-17-15(20)16-6-7-21-14(19)11(3)4/h10,12H,3,6-9H2,1-2,4-5H3,(H2,16,17,20). The van der Waals surface area contributed by atoms with Crippen LogP contribution in [-0.4, -0.2) is 50.6 Å². The van der Waals surface area contributed by atoms with Gasteiger partial charge in [-0.1, -0.05) is 20.4 Å². The molecule has 0 aromatic carbocycles. The monoisotopic (exact) mass is 330 g/mol. The van der Waals surface area contributed by atoms with Crippen LogP contribution in [0.15, 0.2) is 12.2 Å². The van der Waals surface area contributed by atoms with Gasteiger partial charge in [-0.3, -0.25) is 4.79 Å². The molecular formula is C15H26N2O6. The molecule has 0 heterocycles. The molecular weight excluding hydrogens is 304 g/mol. The summed E-state index contributed by atoms with van der Waals surface area (Å²) in [5.74, 6) is -0.796. The topological polar surface area (TPSA) is 103 Å². The highest BCUT2D eigenvalue weighted by Crippen LogP contribution is 1.99. The molecule has 0 bridgehead atoms. The quantitative estimate of drug-likeness (QED) is 0.268. The van der Waals surface area contributed by atoms with E-state index in [4.69, 9.17) is 14.2 Å². The molecule has 0 aromatic rings. The van der Waals surface area contributed by atoms with Crippen molar-refractivity contribution >= 4 is 18.0 Å². The van der Waals surface area contributed by atoms with Gasteiger partial charge in [-0.25, -0.2) is 9.59 Å². The second-order valence-corrected chi connectivity index (χ2v) is 5.31. The highest BCUT2D eigenvalue weighted by Gasteiger charge is 2.11. The van der Waals surface area contributed by atoms with Gasteiger partial charge < -0.3 is 24.8 Å². The molecule has 0 radical (unpaired) electrons. The van der Waals surface area contributed by atoms with Gasteiger partial charge in [-0.15, -0.1) is 0 Å². The Hall–Kier alpha value is -2.09. The highest BCUT2D eigenvalue weighted by atomic mass is 16.7. The van der Waals surface area contributed by atoms with Gasteiger partial charge in [0.15, 0.2) is 6.29 Å². The van der Waals surface area contributed by atoms with E-state index in [0.717, 1.165) is 0 Å². The summed E-state index contributed by atoms with van der Waals surface area (Å²) >= 11 is 0. The summed E-state index contributed by atoms with van der Waals surface area (Å²) in [7, 11) is 0. The van der Waals surface area contributed by atoms with Crippen LogP contribution >= 0.6 is 0 Å². The number of carbonyl (C=O) groups excluding carboxylic acids is 3. The van der Waals surface area contributed by atoms with Crippen molar-refractivity contribution in [3.05, 3.63) is 12.2 Å². The Morgan fingerprint density at radius 3 is 2.35 bits per heavy atom. The highest BCUT2D eigenvalue weighted by molar-refractivity contribution is 5.87. The van der Waals surface area contributed by atoms with Crippen LogP contribution in [0.3, 0.4) is 0 Å². The molecule has 0 aliphatic rings. The summed E-state index contributed by atoms with van der Waals surface area (Å²) in [5, 5.41) is 4.76. The fourth-order valence-corrected chi connectivity index (χ4v) is 1.24. The normalized spacial score (nSPS) is 11.5. The first-order valence-corrected chi connectivity index (χ1v) is 7.37. The minimum atomic E-state index is -0.670. The molecule has 2 amide bonds. The summed E-state index contributed by atoms with van der Waals surface area (Å²) in [5.41, 5.74) is 0.283. The maximum absolute atomic E-state index is 11.5. The van der Waals surface area contributed by atoms with Crippen LogP contribution < -0.4 is 10.6 Å². The van der Waals surface area contributed by atoms with E-state index in [2.05, 4.69) is 17.2 Å². The maximum Gasteiger partial charge on any atom is 0.333 e. The van der Waals surface area contributed by atoms with E-state index in [0.29, 0.717) is 12.5 Å². The smallest absolute Gasteiger partial charge is 0.333 e. The van der Waals surface area contributed by atoms with Gasteiger partial charge in [0.2, 0.25) is 0 Å². The van der Waals surface area contributed by atoms with Crippen molar-refractivity contribution in [2.24, 2.45) is 5.92 Å². The number of urea groups is 1. The van der Waals surface area contributed by atoms with Crippen molar-refractivity contribution in [3.8, 4) is 0 Å². The Kier molecular flexibility index (Phi) is 10.4. The summed E-state index contributed by atoms with van der Waals surface area (Å²) in [6.45, 7) is 10.9. The molecule has 0 rings (SSSR count). The fraction of sp³-hybridized carbons (Fsp3) is 0.667. The summed E-state index contributed by atoms with van der Waals surface area (Å²) < 4.78 is 15.0. The van der Waals surface area contributed by atoms with Crippen molar-refractivity contribution in [1.82, 2.24) is 10.6 Å².